The van der Waals surface area contributed by atoms with Crippen LogP contribution in [0, 0.1) is 0 Å². The van der Waals surface area contributed by atoms with Gasteiger partial charge < -0.3 is 4.74 Å². The molecule has 31 heavy (non-hydrogen) atoms. The molecule has 9 heteroatoms. The Hall–Kier alpha value is -3.55. The van der Waals surface area contributed by atoms with E-state index in [4.69, 9.17) is 16.3 Å². The Bertz CT molecular complexity index is 1120. The summed E-state index contributed by atoms with van der Waals surface area (Å²) in [5.41, 5.74) is 6.95. The summed E-state index contributed by atoms with van der Waals surface area (Å²) in [6.45, 7) is 0.248. The van der Waals surface area contributed by atoms with Crippen LogP contribution in [0.1, 0.15) is 11.1 Å². The Kier molecular flexibility index (Phi) is 7.12. The summed E-state index contributed by atoms with van der Waals surface area (Å²) in [6, 6.07) is 15.5. The largest absolute Gasteiger partial charge is 0.455 e. The number of ether oxygens (including phenoxy) is 1. The summed E-state index contributed by atoms with van der Waals surface area (Å²) < 4.78 is 5.97. The van der Waals surface area contributed by atoms with E-state index in [9.17, 15) is 9.59 Å². The molecule has 2 N–H and O–H groups in total. The molecule has 0 aliphatic carbocycles. The molecule has 158 valence electrons. The molecular weight excluding hydrogens is 439 g/mol. The highest BCUT2D eigenvalue weighted by atomic mass is 35.5. The molecule has 0 saturated carbocycles. The zero-order valence-electron chi connectivity index (χ0n) is 16.1. The van der Waals surface area contributed by atoms with Crippen LogP contribution in [0.25, 0.3) is 6.08 Å². The number of rotatable bonds is 2. The van der Waals surface area contributed by atoms with Crippen molar-refractivity contribution in [2.45, 2.75) is 6.54 Å². The number of carbonyl (C=O) groups excluding carboxylic acids is 2. The molecule has 3 amide bonds. The van der Waals surface area contributed by atoms with Crippen molar-refractivity contribution in [1.82, 2.24) is 15.8 Å². The van der Waals surface area contributed by atoms with Crippen LogP contribution in [0.4, 0.5) is 10.5 Å². The Morgan fingerprint density at radius 3 is 2.61 bits per heavy atom. The van der Waals surface area contributed by atoms with E-state index in [0.29, 0.717) is 22.2 Å². The fraction of sp³-hybridized carbons (Fsp3) is 0.0455. The Morgan fingerprint density at radius 2 is 1.81 bits per heavy atom. The number of benzene rings is 2. The number of urea groups is 1. The van der Waals surface area contributed by atoms with Gasteiger partial charge in [0.1, 0.15) is 5.75 Å². The highest BCUT2D eigenvalue weighted by Gasteiger charge is 2.25. The monoisotopic (exact) mass is 456 g/mol. The molecular formula is C22H18Cl2N4O3. The minimum atomic E-state index is -0.524. The molecule has 4 rings (SSSR count). The van der Waals surface area contributed by atoms with Crippen LogP contribution in [-0.4, -0.2) is 16.9 Å². The van der Waals surface area contributed by atoms with E-state index in [0.717, 1.165) is 11.1 Å². The first kappa shape index (κ1) is 22.1. The van der Waals surface area contributed by atoms with Crippen molar-refractivity contribution in [1.29, 1.82) is 0 Å². The predicted molar refractivity (Wildman–Crippen MR) is 121 cm³/mol. The van der Waals surface area contributed by atoms with Gasteiger partial charge in [-0.1, -0.05) is 29.8 Å². The Balaban J connectivity index is 0.00000272. The second-order valence-corrected chi connectivity index (χ2v) is 6.88. The van der Waals surface area contributed by atoms with Crippen LogP contribution in [0.3, 0.4) is 0 Å². The quantitative estimate of drug-likeness (QED) is 0.431. The lowest BCUT2D eigenvalue weighted by molar-refractivity contribution is -0.117. The zero-order valence-corrected chi connectivity index (χ0v) is 17.7. The molecule has 1 aliphatic heterocycles. The second-order valence-electron chi connectivity index (χ2n) is 6.44. The van der Waals surface area contributed by atoms with E-state index in [1.54, 1.807) is 48.8 Å². The van der Waals surface area contributed by atoms with E-state index in [1.807, 2.05) is 24.3 Å². The molecule has 0 bridgehead atoms. The van der Waals surface area contributed by atoms with Crippen molar-refractivity contribution in [3.63, 3.8) is 0 Å². The topological polar surface area (TPSA) is 83.6 Å². The summed E-state index contributed by atoms with van der Waals surface area (Å²) >= 11 is 6.14. The minimum Gasteiger partial charge on any atom is -0.455 e. The number of hydrogen-bond donors (Lipinski definition) is 2. The lowest BCUT2D eigenvalue weighted by Gasteiger charge is -2.22. The van der Waals surface area contributed by atoms with Gasteiger partial charge in [-0.2, -0.15) is 0 Å². The molecule has 2 heterocycles. The van der Waals surface area contributed by atoms with E-state index in [1.165, 1.54) is 11.0 Å². The van der Waals surface area contributed by atoms with Crippen molar-refractivity contribution in [2.24, 2.45) is 0 Å². The van der Waals surface area contributed by atoms with Crippen molar-refractivity contribution in [3.05, 3.63) is 89.2 Å². The third-order valence-corrected chi connectivity index (χ3v) is 4.64. The van der Waals surface area contributed by atoms with Gasteiger partial charge in [0, 0.05) is 29.1 Å². The van der Waals surface area contributed by atoms with Gasteiger partial charge in [0.05, 0.1) is 12.2 Å². The summed E-state index contributed by atoms with van der Waals surface area (Å²) in [4.78, 5) is 30.3. The van der Waals surface area contributed by atoms with Gasteiger partial charge in [-0.25, -0.2) is 10.2 Å². The smallest absolute Gasteiger partial charge is 0.341 e. The van der Waals surface area contributed by atoms with Gasteiger partial charge >= 0.3 is 6.03 Å². The van der Waals surface area contributed by atoms with Crippen LogP contribution in [0.15, 0.2) is 73.1 Å². The number of pyridine rings is 1. The fourth-order valence-electron chi connectivity index (χ4n) is 2.95. The van der Waals surface area contributed by atoms with Crippen molar-refractivity contribution in [2.75, 3.05) is 4.90 Å². The normalized spacial score (nSPS) is 12.0. The summed E-state index contributed by atoms with van der Waals surface area (Å²) in [7, 11) is 0. The average Bonchev–Trinajstić information content (AvgIpc) is 2.93. The lowest BCUT2D eigenvalue weighted by atomic mass is 10.2. The van der Waals surface area contributed by atoms with Crippen LogP contribution >= 0.6 is 24.0 Å². The third-order valence-electron chi connectivity index (χ3n) is 4.40. The summed E-state index contributed by atoms with van der Waals surface area (Å²) in [5.74, 6) is 0.669. The van der Waals surface area contributed by atoms with Crippen molar-refractivity contribution < 1.29 is 14.3 Å². The van der Waals surface area contributed by atoms with Gasteiger partial charge in [-0.05, 0) is 48.0 Å². The van der Waals surface area contributed by atoms with Crippen molar-refractivity contribution in [3.8, 4) is 11.5 Å². The van der Waals surface area contributed by atoms with E-state index >= 15 is 0 Å². The second kappa shape index (κ2) is 9.97. The number of fused-ring (bicyclic) bond motifs is 2. The van der Waals surface area contributed by atoms with Gasteiger partial charge in [0.15, 0.2) is 5.75 Å². The maximum atomic E-state index is 12.9. The number of hydrogen-bond acceptors (Lipinski definition) is 4. The highest BCUT2D eigenvalue weighted by Crippen LogP contribution is 2.40. The van der Waals surface area contributed by atoms with Crippen LogP contribution in [0.5, 0.6) is 11.5 Å². The number of anilines is 1. The minimum absolute atomic E-state index is 0. The standard InChI is InChI=1S/C22H17ClN4O3.ClH/c23-17-6-7-20-18(13-17)27(14-16-3-1-2-4-19(16)30-20)22(29)26-25-21(28)8-5-15-9-11-24-12-10-15;/h1-13H,14H2,(H,25,28)(H,26,29);1H/b8-5+;. The third kappa shape index (κ3) is 5.33. The molecule has 0 unspecified atom stereocenters. The predicted octanol–water partition coefficient (Wildman–Crippen LogP) is 4.72. The number of halogens is 2. The van der Waals surface area contributed by atoms with Crippen LogP contribution < -0.4 is 20.5 Å². The molecule has 7 nitrogen and oxygen atoms in total. The number of nitrogens with one attached hydrogen (secondary N) is 2. The average molecular weight is 457 g/mol. The van der Waals surface area contributed by atoms with Gasteiger partial charge in [0.2, 0.25) is 0 Å². The number of para-hydroxylation sites is 1. The first-order chi connectivity index (χ1) is 14.6. The van der Waals surface area contributed by atoms with E-state index in [2.05, 4.69) is 15.8 Å². The molecule has 3 aromatic rings. The summed E-state index contributed by atoms with van der Waals surface area (Å²) in [5, 5.41) is 0.463. The first-order valence-electron chi connectivity index (χ1n) is 9.11. The maximum Gasteiger partial charge on any atom is 0.341 e. The van der Waals surface area contributed by atoms with Gasteiger partial charge in [-0.3, -0.25) is 20.1 Å². The number of carbonyl (C=O) groups is 2. The first-order valence-corrected chi connectivity index (χ1v) is 9.49. The highest BCUT2D eigenvalue weighted by molar-refractivity contribution is 6.31. The maximum absolute atomic E-state index is 12.9. The SMILES string of the molecule is Cl.O=C(/C=C/c1ccncc1)NNC(=O)N1Cc2ccccc2Oc2ccc(Cl)cc21. The molecule has 1 aliphatic rings. The molecule has 2 aromatic carbocycles. The van der Waals surface area contributed by atoms with Crippen molar-refractivity contribution >= 4 is 47.7 Å². The van der Waals surface area contributed by atoms with Gasteiger partial charge in [0.25, 0.3) is 5.91 Å². The van der Waals surface area contributed by atoms with E-state index < -0.39 is 11.9 Å². The molecule has 0 atom stereocenters. The van der Waals surface area contributed by atoms with Gasteiger partial charge in [-0.15, -0.1) is 12.4 Å². The number of hydrazine groups is 1. The fourth-order valence-corrected chi connectivity index (χ4v) is 3.11. The number of aromatic nitrogens is 1. The Labute approximate surface area is 190 Å². The molecule has 0 fully saturated rings. The Morgan fingerprint density at radius 1 is 1.03 bits per heavy atom. The van der Waals surface area contributed by atoms with Crippen LogP contribution in [0.2, 0.25) is 5.02 Å². The number of nitrogens with zero attached hydrogens (tertiary/aromatic N) is 2. The lowest BCUT2D eigenvalue weighted by Crippen LogP contribution is -2.48. The molecule has 0 spiro atoms. The molecule has 0 saturated heterocycles. The zero-order chi connectivity index (χ0) is 20.9. The van der Waals surface area contributed by atoms with Crippen LogP contribution in [-0.2, 0) is 11.3 Å². The number of amides is 3. The van der Waals surface area contributed by atoms with E-state index in [-0.39, 0.29) is 19.0 Å². The molecule has 0 radical (unpaired) electrons. The summed E-state index contributed by atoms with van der Waals surface area (Å²) in [6.07, 6.45) is 6.19. The molecule has 1 aromatic heterocycles.